The standard InChI is InChI=1S/C18H25N3O4S2/c1-3-25-17(24)15-11-6-4-5-7-12(11)27-16(15)20-14(23)9-26-18-19-10(2)8-13(22)21-18/h10,18-19H,3-9H2,1-2H3,(H,20,23)(H,21,22). The first-order chi connectivity index (χ1) is 13.0. The van der Waals surface area contributed by atoms with Gasteiger partial charge in [0.2, 0.25) is 11.8 Å². The van der Waals surface area contributed by atoms with Gasteiger partial charge in [0.05, 0.1) is 17.9 Å². The SMILES string of the molecule is CCOC(=O)c1c(NC(=O)CSC2NC(=O)CC(C)N2)sc2c1CCCC2. The number of fused-ring (bicyclic) bond motifs is 1. The van der Waals surface area contributed by atoms with Crippen LogP contribution in [-0.4, -0.2) is 41.7 Å². The molecular formula is C18H25N3O4S2. The predicted molar refractivity (Wildman–Crippen MR) is 107 cm³/mol. The maximum atomic E-state index is 12.4. The van der Waals surface area contributed by atoms with Gasteiger partial charge in [-0.2, -0.15) is 0 Å². The average molecular weight is 412 g/mol. The lowest BCUT2D eigenvalue weighted by molar-refractivity contribution is -0.123. The first-order valence-electron chi connectivity index (χ1n) is 9.26. The Bertz CT molecular complexity index is 734. The van der Waals surface area contributed by atoms with E-state index in [1.807, 2.05) is 6.92 Å². The van der Waals surface area contributed by atoms with E-state index >= 15 is 0 Å². The summed E-state index contributed by atoms with van der Waals surface area (Å²) in [6, 6.07) is 0.0822. The van der Waals surface area contributed by atoms with Crippen molar-refractivity contribution < 1.29 is 19.1 Å². The summed E-state index contributed by atoms with van der Waals surface area (Å²) >= 11 is 2.80. The van der Waals surface area contributed by atoms with Crippen molar-refractivity contribution in [1.82, 2.24) is 10.6 Å². The molecule has 0 bridgehead atoms. The summed E-state index contributed by atoms with van der Waals surface area (Å²) < 4.78 is 5.21. The van der Waals surface area contributed by atoms with E-state index in [4.69, 9.17) is 4.74 Å². The molecule has 2 amide bonds. The van der Waals surface area contributed by atoms with Gasteiger partial charge >= 0.3 is 5.97 Å². The number of esters is 1. The van der Waals surface area contributed by atoms with Crippen LogP contribution in [0.2, 0.25) is 0 Å². The normalized spacial score (nSPS) is 21.9. The van der Waals surface area contributed by atoms with Crippen LogP contribution in [-0.2, 0) is 27.2 Å². The van der Waals surface area contributed by atoms with Gasteiger partial charge in [0.1, 0.15) is 10.5 Å². The third kappa shape index (κ3) is 5.03. The van der Waals surface area contributed by atoms with Crippen LogP contribution in [0.4, 0.5) is 5.00 Å². The van der Waals surface area contributed by atoms with Crippen LogP contribution in [0.5, 0.6) is 0 Å². The molecule has 1 fully saturated rings. The monoisotopic (exact) mass is 411 g/mol. The van der Waals surface area contributed by atoms with Crippen molar-refractivity contribution in [1.29, 1.82) is 0 Å². The Morgan fingerprint density at radius 3 is 2.85 bits per heavy atom. The van der Waals surface area contributed by atoms with Gasteiger partial charge in [-0.1, -0.05) is 0 Å². The van der Waals surface area contributed by atoms with Gasteiger partial charge in [0.25, 0.3) is 0 Å². The molecule has 1 aromatic heterocycles. The summed E-state index contributed by atoms with van der Waals surface area (Å²) in [7, 11) is 0. The molecule has 0 saturated carbocycles. The van der Waals surface area contributed by atoms with Crippen molar-refractivity contribution in [3.05, 3.63) is 16.0 Å². The lowest BCUT2D eigenvalue weighted by Crippen LogP contribution is -2.53. The van der Waals surface area contributed by atoms with E-state index in [-0.39, 0.29) is 35.1 Å². The summed E-state index contributed by atoms with van der Waals surface area (Å²) in [5.41, 5.74) is 1.27. The van der Waals surface area contributed by atoms with Crippen LogP contribution < -0.4 is 16.0 Å². The van der Waals surface area contributed by atoms with Crippen LogP contribution in [0, 0.1) is 0 Å². The van der Waals surface area contributed by atoms with Gasteiger partial charge in [-0.05, 0) is 45.1 Å². The zero-order chi connectivity index (χ0) is 19.4. The Morgan fingerprint density at radius 1 is 1.33 bits per heavy atom. The molecule has 148 valence electrons. The number of amides is 2. The minimum absolute atomic E-state index is 0.0188. The first kappa shape index (κ1) is 20.2. The number of carbonyl (C=O) groups excluding carboxylic acids is 3. The molecule has 1 saturated heterocycles. The highest BCUT2D eigenvalue weighted by molar-refractivity contribution is 8.00. The zero-order valence-corrected chi connectivity index (χ0v) is 17.2. The van der Waals surface area contributed by atoms with E-state index in [1.54, 1.807) is 6.92 Å². The Labute approximate surface area is 167 Å². The lowest BCUT2D eigenvalue weighted by atomic mass is 9.95. The van der Waals surface area contributed by atoms with Crippen LogP contribution >= 0.6 is 23.1 Å². The third-order valence-electron chi connectivity index (χ3n) is 4.50. The smallest absolute Gasteiger partial charge is 0.341 e. The number of nitrogens with one attached hydrogen (secondary N) is 3. The van der Waals surface area contributed by atoms with E-state index in [0.717, 1.165) is 31.2 Å². The molecule has 3 N–H and O–H groups in total. The number of rotatable bonds is 6. The Morgan fingerprint density at radius 2 is 2.11 bits per heavy atom. The van der Waals surface area contributed by atoms with Gasteiger partial charge in [-0.25, -0.2) is 4.79 Å². The number of carbonyl (C=O) groups is 3. The highest BCUT2D eigenvalue weighted by atomic mass is 32.2. The predicted octanol–water partition coefficient (Wildman–Crippen LogP) is 2.26. The second-order valence-electron chi connectivity index (χ2n) is 6.71. The number of aryl methyl sites for hydroxylation is 1. The molecule has 2 aliphatic rings. The fourth-order valence-corrected chi connectivity index (χ4v) is 5.55. The molecule has 0 spiro atoms. The summed E-state index contributed by atoms with van der Waals surface area (Å²) in [4.78, 5) is 37.6. The zero-order valence-electron chi connectivity index (χ0n) is 15.6. The van der Waals surface area contributed by atoms with E-state index in [9.17, 15) is 14.4 Å². The van der Waals surface area contributed by atoms with Crippen molar-refractivity contribution in [3.8, 4) is 0 Å². The van der Waals surface area contributed by atoms with E-state index in [1.165, 1.54) is 28.0 Å². The van der Waals surface area contributed by atoms with Crippen LogP contribution in [0.25, 0.3) is 0 Å². The Kier molecular flexibility index (Phi) is 6.78. The van der Waals surface area contributed by atoms with Crippen LogP contribution in [0.3, 0.4) is 0 Å². The van der Waals surface area contributed by atoms with Gasteiger partial charge in [0.15, 0.2) is 0 Å². The quantitative estimate of drug-likeness (QED) is 0.622. The fraction of sp³-hybridized carbons (Fsp3) is 0.611. The van der Waals surface area contributed by atoms with Gasteiger partial charge in [-0.15, -0.1) is 23.1 Å². The topological polar surface area (TPSA) is 96.5 Å². The summed E-state index contributed by atoms with van der Waals surface area (Å²) in [6.45, 7) is 4.02. The van der Waals surface area contributed by atoms with Crippen LogP contribution in [0.15, 0.2) is 0 Å². The molecule has 0 radical (unpaired) electrons. The Balaban J connectivity index is 1.65. The van der Waals surface area contributed by atoms with Gasteiger partial charge in [0, 0.05) is 17.3 Å². The average Bonchev–Trinajstić information content (AvgIpc) is 2.97. The van der Waals surface area contributed by atoms with Crippen molar-refractivity contribution >= 4 is 45.9 Å². The Hall–Kier alpha value is -1.58. The first-order valence-corrected chi connectivity index (χ1v) is 11.1. The molecule has 1 aliphatic carbocycles. The second kappa shape index (κ2) is 9.07. The minimum Gasteiger partial charge on any atom is -0.462 e. The highest BCUT2D eigenvalue weighted by Crippen LogP contribution is 2.38. The van der Waals surface area contributed by atoms with Crippen molar-refractivity contribution in [2.24, 2.45) is 0 Å². The molecule has 9 heteroatoms. The van der Waals surface area contributed by atoms with Crippen molar-refractivity contribution in [2.45, 2.75) is 57.5 Å². The molecule has 27 heavy (non-hydrogen) atoms. The minimum atomic E-state index is -0.366. The molecule has 7 nitrogen and oxygen atoms in total. The highest BCUT2D eigenvalue weighted by Gasteiger charge is 2.28. The number of anilines is 1. The second-order valence-corrected chi connectivity index (χ2v) is 8.91. The lowest BCUT2D eigenvalue weighted by Gasteiger charge is -2.28. The molecular weight excluding hydrogens is 386 g/mol. The number of hydrogen-bond acceptors (Lipinski definition) is 7. The largest absolute Gasteiger partial charge is 0.462 e. The molecule has 0 aromatic carbocycles. The maximum absolute atomic E-state index is 12.4. The molecule has 1 aromatic rings. The number of hydrogen-bond donors (Lipinski definition) is 3. The fourth-order valence-electron chi connectivity index (χ4n) is 3.33. The van der Waals surface area contributed by atoms with Crippen molar-refractivity contribution in [3.63, 3.8) is 0 Å². The summed E-state index contributed by atoms with van der Waals surface area (Å²) in [5, 5.41) is 9.51. The molecule has 3 rings (SSSR count). The maximum Gasteiger partial charge on any atom is 0.341 e. The van der Waals surface area contributed by atoms with E-state index in [0.29, 0.717) is 23.6 Å². The third-order valence-corrected chi connectivity index (χ3v) is 6.73. The molecule has 2 heterocycles. The van der Waals surface area contributed by atoms with E-state index in [2.05, 4.69) is 16.0 Å². The number of thiophene rings is 1. The van der Waals surface area contributed by atoms with Crippen LogP contribution in [0.1, 0.15) is 53.9 Å². The number of thioether (sulfide) groups is 1. The number of ether oxygens (including phenoxy) is 1. The molecule has 2 atom stereocenters. The van der Waals surface area contributed by atoms with E-state index < -0.39 is 0 Å². The summed E-state index contributed by atoms with van der Waals surface area (Å²) in [6.07, 6.45) is 4.37. The molecule has 1 aliphatic heterocycles. The van der Waals surface area contributed by atoms with Crippen molar-refractivity contribution in [2.75, 3.05) is 17.7 Å². The summed E-state index contributed by atoms with van der Waals surface area (Å²) in [5.74, 6) is -0.404. The molecule has 2 unspecified atom stereocenters. The van der Waals surface area contributed by atoms with Gasteiger partial charge in [-0.3, -0.25) is 14.9 Å². The van der Waals surface area contributed by atoms with Gasteiger partial charge < -0.3 is 15.4 Å².